The van der Waals surface area contributed by atoms with E-state index in [-0.39, 0.29) is 5.57 Å². The first-order valence-electron chi connectivity index (χ1n) is 8.96. The van der Waals surface area contributed by atoms with Crippen molar-refractivity contribution in [2.45, 2.75) is 39.3 Å². The molecule has 0 saturated heterocycles. The standard InChI is InChI=1S/C20H27N3O4S/c1-5-27-18-7-6-13(2)10-16(18)14(3)23-19(24)15(11-21)12-22-17(20(25)26)8-9-28-4/h6-7,10,12,14,17,22H,5,8-9H2,1-4H3,(H,23,24)(H,25,26)/b15-12-. The van der Waals surface area contributed by atoms with Crippen molar-refractivity contribution in [2.24, 2.45) is 0 Å². The van der Waals surface area contributed by atoms with Crippen LogP contribution in [0.4, 0.5) is 0 Å². The molecule has 1 aromatic rings. The lowest BCUT2D eigenvalue weighted by Gasteiger charge is -2.19. The van der Waals surface area contributed by atoms with Gasteiger partial charge in [-0.05, 0) is 45.3 Å². The van der Waals surface area contributed by atoms with Crippen molar-refractivity contribution in [1.29, 1.82) is 5.26 Å². The van der Waals surface area contributed by atoms with Gasteiger partial charge in [-0.25, -0.2) is 4.79 Å². The SMILES string of the molecule is CCOc1ccc(C)cc1C(C)NC(=O)/C(C#N)=C\NC(CCSC)C(=O)O. The molecule has 0 spiro atoms. The highest BCUT2D eigenvalue weighted by atomic mass is 32.2. The summed E-state index contributed by atoms with van der Waals surface area (Å²) in [4.78, 5) is 23.7. The van der Waals surface area contributed by atoms with E-state index in [0.29, 0.717) is 24.5 Å². The summed E-state index contributed by atoms with van der Waals surface area (Å²) in [5.41, 5.74) is 1.65. The highest BCUT2D eigenvalue weighted by molar-refractivity contribution is 7.98. The molecule has 7 nitrogen and oxygen atoms in total. The first-order valence-corrected chi connectivity index (χ1v) is 10.4. The minimum Gasteiger partial charge on any atom is -0.494 e. The molecule has 1 aromatic carbocycles. The van der Waals surface area contributed by atoms with Crippen molar-refractivity contribution in [3.05, 3.63) is 41.1 Å². The molecule has 0 radical (unpaired) electrons. The van der Waals surface area contributed by atoms with Crippen molar-refractivity contribution >= 4 is 23.6 Å². The molecule has 2 unspecified atom stereocenters. The van der Waals surface area contributed by atoms with Gasteiger partial charge in [0.25, 0.3) is 5.91 Å². The zero-order valence-electron chi connectivity index (χ0n) is 16.6. The second-order valence-corrected chi connectivity index (χ2v) is 7.16. The zero-order chi connectivity index (χ0) is 21.1. The molecule has 1 rings (SSSR count). The van der Waals surface area contributed by atoms with Crippen LogP contribution in [0.3, 0.4) is 0 Å². The van der Waals surface area contributed by atoms with Gasteiger partial charge < -0.3 is 20.5 Å². The number of aryl methyl sites for hydroxylation is 1. The Labute approximate surface area is 170 Å². The normalized spacial score (nSPS) is 13.2. The van der Waals surface area contributed by atoms with E-state index in [0.717, 1.165) is 11.1 Å². The summed E-state index contributed by atoms with van der Waals surface area (Å²) >= 11 is 1.53. The fraction of sp³-hybridized carbons (Fsp3) is 0.450. The Balaban J connectivity index is 2.90. The van der Waals surface area contributed by atoms with Gasteiger partial charge in [-0.15, -0.1) is 0 Å². The summed E-state index contributed by atoms with van der Waals surface area (Å²) in [5.74, 6) is -0.293. The number of nitriles is 1. The number of rotatable bonds is 11. The Kier molecular flexibility index (Phi) is 9.96. The topological polar surface area (TPSA) is 111 Å². The van der Waals surface area contributed by atoms with Crippen LogP contribution in [0.1, 0.15) is 37.4 Å². The van der Waals surface area contributed by atoms with Gasteiger partial charge in [0, 0.05) is 11.8 Å². The molecular formula is C20H27N3O4S. The largest absolute Gasteiger partial charge is 0.494 e. The van der Waals surface area contributed by atoms with Crippen LogP contribution in [0.5, 0.6) is 5.75 Å². The molecule has 1 amide bonds. The quantitative estimate of drug-likeness (QED) is 0.383. The fourth-order valence-electron chi connectivity index (χ4n) is 2.49. The molecule has 8 heteroatoms. The molecule has 0 aliphatic heterocycles. The summed E-state index contributed by atoms with van der Waals surface area (Å²) in [5, 5.41) is 23.9. The highest BCUT2D eigenvalue weighted by Gasteiger charge is 2.19. The zero-order valence-corrected chi connectivity index (χ0v) is 17.4. The van der Waals surface area contributed by atoms with Crippen LogP contribution < -0.4 is 15.4 Å². The fourth-order valence-corrected chi connectivity index (χ4v) is 2.96. The Morgan fingerprint density at radius 2 is 2.14 bits per heavy atom. The smallest absolute Gasteiger partial charge is 0.326 e. The second kappa shape index (κ2) is 11.9. The van der Waals surface area contributed by atoms with Gasteiger partial charge in [-0.2, -0.15) is 17.0 Å². The van der Waals surface area contributed by atoms with Crippen molar-refractivity contribution in [3.63, 3.8) is 0 Å². The number of carbonyl (C=O) groups is 2. The van der Waals surface area contributed by atoms with Crippen molar-refractivity contribution in [1.82, 2.24) is 10.6 Å². The number of nitrogens with one attached hydrogen (secondary N) is 2. The van der Waals surface area contributed by atoms with E-state index in [1.807, 2.05) is 44.4 Å². The summed E-state index contributed by atoms with van der Waals surface area (Å²) in [6.45, 7) is 6.12. The van der Waals surface area contributed by atoms with Crippen molar-refractivity contribution < 1.29 is 19.4 Å². The van der Waals surface area contributed by atoms with E-state index in [1.165, 1.54) is 18.0 Å². The Morgan fingerprint density at radius 1 is 1.43 bits per heavy atom. The molecular weight excluding hydrogens is 378 g/mol. The minimum atomic E-state index is -1.03. The van der Waals surface area contributed by atoms with E-state index in [1.54, 1.807) is 6.92 Å². The molecule has 0 aliphatic rings. The van der Waals surface area contributed by atoms with Crippen LogP contribution in [-0.4, -0.2) is 41.6 Å². The Morgan fingerprint density at radius 3 is 2.71 bits per heavy atom. The molecule has 0 saturated carbocycles. The minimum absolute atomic E-state index is 0.187. The molecule has 0 bridgehead atoms. The van der Waals surface area contributed by atoms with E-state index in [2.05, 4.69) is 10.6 Å². The van der Waals surface area contributed by atoms with Crippen LogP contribution in [0.2, 0.25) is 0 Å². The van der Waals surface area contributed by atoms with Crippen molar-refractivity contribution in [2.75, 3.05) is 18.6 Å². The van der Waals surface area contributed by atoms with Gasteiger partial charge in [-0.1, -0.05) is 17.7 Å². The third-order valence-corrected chi connectivity index (χ3v) is 4.63. The van der Waals surface area contributed by atoms with Crippen LogP contribution >= 0.6 is 11.8 Å². The first-order chi connectivity index (χ1) is 13.3. The van der Waals surface area contributed by atoms with Crippen LogP contribution in [0.25, 0.3) is 0 Å². The molecule has 28 heavy (non-hydrogen) atoms. The number of carbonyl (C=O) groups excluding carboxylic acids is 1. The number of thioether (sulfide) groups is 1. The Hall–Kier alpha value is -2.66. The lowest BCUT2D eigenvalue weighted by Crippen LogP contribution is -2.35. The number of nitrogens with zero attached hydrogens (tertiary/aromatic N) is 1. The lowest BCUT2D eigenvalue weighted by molar-refractivity contribution is -0.139. The highest BCUT2D eigenvalue weighted by Crippen LogP contribution is 2.26. The first kappa shape index (κ1) is 23.4. The second-order valence-electron chi connectivity index (χ2n) is 6.18. The van der Waals surface area contributed by atoms with Gasteiger partial charge in [0.05, 0.1) is 12.6 Å². The predicted octanol–water partition coefficient (Wildman–Crippen LogP) is 2.77. The molecule has 0 fully saturated rings. The number of ether oxygens (including phenoxy) is 1. The number of hydrogen-bond donors (Lipinski definition) is 3. The van der Waals surface area contributed by atoms with Crippen LogP contribution in [0.15, 0.2) is 30.0 Å². The average Bonchev–Trinajstić information content (AvgIpc) is 2.65. The summed E-state index contributed by atoms with van der Waals surface area (Å²) < 4.78 is 5.61. The van der Waals surface area contributed by atoms with Crippen LogP contribution in [0, 0.1) is 18.3 Å². The van der Waals surface area contributed by atoms with Crippen molar-refractivity contribution in [3.8, 4) is 11.8 Å². The van der Waals surface area contributed by atoms with Crippen LogP contribution in [-0.2, 0) is 9.59 Å². The molecule has 152 valence electrons. The van der Waals surface area contributed by atoms with E-state index < -0.39 is 24.0 Å². The van der Waals surface area contributed by atoms with Gasteiger partial charge in [-0.3, -0.25) is 4.79 Å². The predicted molar refractivity (Wildman–Crippen MR) is 110 cm³/mol. The van der Waals surface area contributed by atoms with Gasteiger partial charge >= 0.3 is 5.97 Å². The summed E-state index contributed by atoms with van der Waals surface area (Å²) in [6, 6.07) is 6.27. The lowest BCUT2D eigenvalue weighted by atomic mass is 10.0. The van der Waals surface area contributed by atoms with E-state index in [4.69, 9.17) is 4.74 Å². The maximum absolute atomic E-state index is 12.5. The Bertz CT molecular complexity index is 758. The number of aliphatic carboxylic acids is 1. The third kappa shape index (κ3) is 7.16. The number of hydrogen-bond acceptors (Lipinski definition) is 6. The van der Waals surface area contributed by atoms with Gasteiger partial charge in [0.15, 0.2) is 0 Å². The molecule has 0 heterocycles. The average molecular weight is 406 g/mol. The number of carboxylic acid groups (broad SMARTS) is 1. The summed E-state index contributed by atoms with van der Waals surface area (Å²) in [6.07, 6.45) is 3.43. The molecule has 2 atom stereocenters. The van der Waals surface area contributed by atoms with Gasteiger partial charge in [0.1, 0.15) is 23.4 Å². The molecule has 3 N–H and O–H groups in total. The maximum Gasteiger partial charge on any atom is 0.326 e. The monoisotopic (exact) mass is 405 g/mol. The maximum atomic E-state index is 12.5. The number of amides is 1. The molecule has 0 aliphatic carbocycles. The third-order valence-electron chi connectivity index (χ3n) is 3.98. The molecule has 0 aromatic heterocycles. The van der Waals surface area contributed by atoms with E-state index in [9.17, 15) is 20.0 Å². The number of benzene rings is 1. The van der Waals surface area contributed by atoms with E-state index >= 15 is 0 Å². The number of carboxylic acids is 1. The van der Waals surface area contributed by atoms with Gasteiger partial charge in [0.2, 0.25) is 0 Å². The summed E-state index contributed by atoms with van der Waals surface area (Å²) in [7, 11) is 0.